The van der Waals surface area contributed by atoms with Gasteiger partial charge in [-0.05, 0) is 36.4 Å². The number of ether oxygens (including phenoxy) is 3. The van der Waals surface area contributed by atoms with Crippen molar-refractivity contribution in [2.75, 3.05) is 11.9 Å². The Morgan fingerprint density at radius 1 is 0.810 bits per heavy atom. The predicted octanol–water partition coefficient (Wildman–Crippen LogP) is 4.45. The van der Waals surface area contributed by atoms with Gasteiger partial charge in [0.15, 0.2) is 17.0 Å². The van der Waals surface area contributed by atoms with Gasteiger partial charge in [0, 0.05) is 12.0 Å². The Balaban J connectivity index is 1.23. The molecule has 1 N–H and O–H groups in total. The van der Waals surface area contributed by atoms with Crippen molar-refractivity contribution in [3.05, 3.63) is 120 Å². The van der Waals surface area contributed by atoms with Crippen LogP contribution in [0.4, 0.5) is 5.82 Å². The summed E-state index contributed by atoms with van der Waals surface area (Å²) in [6.07, 6.45) is 0.942. The summed E-state index contributed by atoms with van der Waals surface area (Å²) in [5.74, 6) is -1.13. The lowest BCUT2D eigenvalue weighted by Crippen LogP contribution is -2.32. The molecule has 0 aliphatic carbocycles. The first-order chi connectivity index (χ1) is 20.6. The van der Waals surface area contributed by atoms with Crippen LogP contribution in [0.25, 0.3) is 11.2 Å². The average Bonchev–Trinajstić information content (AvgIpc) is 3.65. The van der Waals surface area contributed by atoms with E-state index in [0.717, 1.165) is 0 Å². The number of rotatable bonds is 8. The van der Waals surface area contributed by atoms with E-state index < -0.39 is 30.4 Å². The monoisotopic (exact) mass is 563 g/mol. The first-order valence-electron chi connectivity index (χ1n) is 13.2. The van der Waals surface area contributed by atoms with E-state index in [9.17, 15) is 14.4 Å². The first kappa shape index (κ1) is 26.8. The van der Waals surface area contributed by atoms with E-state index in [1.54, 1.807) is 89.5 Å². The van der Waals surface area contributed by atoms with Gasteiger partial charge in [-0.1, -0.05) is 54.6 Å². The van der Waals surface area contributed by atoms with Crippen LogP contribution in [0.5, 0.6) is 0 Å². The highest BCUT2D eigenvalue weighted by molar-refractivity contribution is 6.06. The van der Waals surface area contributed by atoms with Gasteiger partial charge in [0.2, 0.25) is 0 Å². The summed E-state index contributed by atoms with van der Waals surface area (Å²) >= 11 is 0. The second-order valence-electron chi connectivity index (χ2n) is 9.51. The SMILES string of the molecule is O=C(Nc1ncnc2c1ncn2[C@H]1C[C@@H](OC(=O)c2ccccc2)[C@H](COC(=O)c2ccccc2)O1)c1ccccc1. The lowest BCUT2D eigenvalue weighted by Gasteiger charge is -2.19. The molecule has 11 heteroatoms. The molecule has 3 atom stereocenters. The van der Waals surface area contributed by atoms with E-state index in [1.807, 2.05) is 6.07 Å². The summed E-state index contributed by atoms with van der Waals surface area (Å²) in [6.45, 7) is -0.142. The molecule has 2 aromatic heterocycles. The number of carbonyl (C=O) groups excluding carboxylic acids is 3. The van der Waals surface area contributed by atoms with E-state index in [4.69, 9.17) is 14.2 Å². The standard InChI is InChI=1S/C31H25N5O6/c37-29(20-10-4-1-5-11-20)35-27-26-28(33-18-32-27)36(19-34-26)25-16-23(42-31(39)22-14-8-3-9-15-22)24(41-25)17-40-30(38)21-12-6-2-7-13-21/h1-15,18-19,23-25H,16-17H2,(H,32,33,35,37)/t23-,24+,25-/m1/s1. The van der Waals surface area contributed by atoms with Gasteiger partial charge in [-0.2, -0.15) is 0 Å². The van der Waals surface area contributed by atoms with Gasteiger partial charge in [0.1, 0.15) is 31.4 Å². The lowest BCUT2D eigenvalue weighted by molar-refractivity contribution is -0.0563. The van der Waals surface area contributed by atoms with Crippen LogP contribution >= 0.6 is 0 Å². The number of hydrogen-bond acceptors (Lipinski definition) is 9. The Bertz CT molecular complexity index is 1710. The van der Waals surface area contributed by atoms with Crippen LogP contribution in [-0.2, 0) is 14.2 Å². The molecule has 0 bridgehead atoms. The van der Waals surface area contributed by atoms with Gasteiger partial charge < -0.3 is 19.5 Å². The number of anilines is 1. The van der Waals surface area contributed by atoms with Crippen molar-refractivity contribution in [2.24, 2.45) is 0 Å². The molecule has 5 aromatic rings. The fourth-order valence-electron chi connectivity index (χ4n) is 4.66. The first-order valence-corrected chi connectivity index (χ1v) is 13.2. The Labute approximate surface area is 240 Å². The molecule has 3 aromatic carbocycles. The van der Waals surface area contributed by atoms with Crippen LogP contribution in [0.2, 0.25) is 0 Å². The molecule has 0 radical (unpaired) electrons. The smallest absolute Gasteiger partial charge is 0.338 e. The van der Waals surface area contributed by atoms with Crippen molar-refractivity contribution in [1.29, 1.82) is 0 Å². The van der Waals surface area contributed by atoms with Crippen LogP contribution in [0.1, 0.15) is 43.7 Å². The summed E-state index contributed by atoms with van der Waals surface area (Å²) in [4.78, 5) is 51.3. The number of carbonyl (C=O) groups is 3. The van der Waals surface area contributed by atoms with Crippen molar-refractivity contribution >= 4 is 34.8 Å². The van der Waals surface area contributed by atoms with E-state index in [-0.39, 0.29) is 24.8 Å². The minimum absolute atomic E-state index is 0.142. The van der Waals surface area contributed by atoms with Crippen molar-refractivity contribution < 1.29 is 28.6 Å². The van der Waals surface area contributed by atoms with Gasteiger partial charge in [0.05, 0.1) is 17.5 Å². The third kappa shape index (κ3) is 5.72. The summed E-state index contributed by atoms with van der Waals surface area (Å²) in [5.41, 5.74) is 2.03. The Hall–Kier alpha value is -5.42. The topological polar surface area (TPSA) is 135 Å². The number of amides is 1. The summed E-state index contributed by atoms with van der Waals surface area (Å²) < 4.78 is 19.3. The zero-order chi connectivity index (χ0) is 28.9. The number of fused-ring (bicyclic) bond motifs is 1. The van der Waals surface area contributed by atoms with Crippen molar-refractivity contribution in [1.82, 2.24) is 19.5 Å². The zero-order valence-corrected chi connectivity index (χ0v) is 22.2. The van der Waals surface area contributed by atoms with Gasteiger partial charge >= 0.3 is 11.9 Å². The minimum Gasteiger partial charge on any atom is -0.459 e. The summed E-state index contributed by atoms with van der Waals surface area (Å²) in [6, 6.07) is 26.0. The van der Waals surface area contributed by atoms with Crippen molar-refractivity contribution in [3.63, 3.8) is 0 Å². The fourth-order valence-corrected chi connectivity index (χ4v) is 4.66. The Morgan fingerprint density at radius 2 is 1.43 bits per heavy atom. The number of nitrogens with zero attached hydrogens (tertiary/aromatic N) is 4. The zero-order valence-electron chi connectivity index (χ0n) is 22.2. The molecule has 0 saturated carbocycles. The molecule has 0 spiro atoms. The fraction of sp³-hybridized carbons (Fsp3) is 0.161. The largest absolute Gasteiger partial charge is 0.459 e. The molecule has 11 nitrogen and oxygen atoms in total. The lowest BCUT2D eigenvalue weighted by atomic mass is 10.1. The molecule has 6 rings (SSSR count). The van der Waals surface area contributed by atoms with Crippen molar-refractivity contribution in [2.45, 2.75) is 24.9 Å². The maximum absolute atomic E-state index is 12.9. The molecule has 210 valence electrons. The second kappa shape index (κ2) is 12.0. The quantitative estimate of drug-likeness (QED) is 0.272. The van der Waals surface area contributed by atoms with Crippen LogP contribution < -0.4 is 5.32 Å². The number of imidazole rings is 1. The molecule has 3 heterocycles. The van der Waals surface area contributed by atoms with Gasteiger partial charge in [0.25, 0.3) is 5.91 Å². The number of benzene rings is 3. The van der Waals surface area contributed by atoms with E-state index in [0.29, 0.717) is 27.9 Å². The van der Waals surface area contributed by atoms with Gasteiger partial charge in [-0.3, -0.25) is 9.36 Å². The molecule has 1 saturated heterocycles. The van der Waals surface area contributed by atoms with Crippen LogP contribution in [0.15, 0.2) is 104 Å². The van der Waals surface area contributed by atoms with Crippen LogP contribution in [0.3, 0.4) is 0 Å². The highest BCUT2D eigenvalue weighted by atomic mass is 16.6. The van der Waals surface area contributed by atoms with Gasteiger partial charge in [-0.15, -0.1) is 0 Å². The molecule has 1 aliphatic rings. The number of hydrogen-bond donors (Lipinski definition) is 1. The summed E-state index contributed by atoms with van der Waals surface area (Å²) in [7, 11) is 0. The molecule has 42 heavy (non-hydrogen) atoms. The Morgan fingerprint density at radius 3 is 2.10 bits per heavy atom. The summed E-state index contributed by atoms with van der Waals surface area (Å²) in [5, 5.41) is 2.78. The predicted molar refractivity (Wildman–Crippen MR) is 151 cm³/mol. The average molecular weight is 564 g/mol. The van der Waals surface area contributed by atoms with E-state index in [2.05, 4.69) is 20.3 Å². The van der Waals surface area contributed by atoms with Crippen LogP contribution in [-0.4, -0.2) is 56.2 Å². The van der Waals surface area contributed by atoms with E-state index >= 15 is 0 Å². The third-order valence-corrected chi connectivity index (χ3v) is 6.77. The van der Waals surface area contributed by atoms with Crippen molar-refractivity contribution in [3.8, 4) is 0 Å². The number of aromatic nitrogens is 4. The molecule has 0 unspecified atom stereocenters. The highest BCUT2D eigenvalue weighted by Crippen LogP contribution is 2.34. The highest BCUT2D eigenvalue weighted by Gasteiger charge is 2.40. The molecule has 1 fully saturated rings. The third-order valence-electron chi connectivity index (χ3n) is 6.77. The second-order valence-corrected chi connectivity index (χ2v) is 9.51. The maximum atomic E-state index is 12.9. The Kier molecular flexibility index (Phi) is 7.64. The normalized spacial score (nSPS) is 18.0. The molecular weight excluding hydrogens is 538 g/mol. The van der Waals surface area contributed by atoms with Crippen LogP contribution in [0, 0.1) is 0 Å². The molecular formula is C31H25N5O6. The number of nitrogens with one attached hydrogen (secondary N) is 1. The number of esters is 2. The minimum atomic E-state index is -0.758. The molecule has 1 amide bonds. The van der Waals surface area contributed by atoms with E-state index in [1.165, 1.54) is 12.7 Å². The molecule has 1 aliphatic heterocycles. The van der Waals surface area contributed by atoms with Gasteiger partial charge in [-0.25, -0.2) is 24.5 Å². The maximum Gasteiger partial charge on any atom is 0.338 e.